The third-order valence-corrected chi connectivity index (χ3v) is 4.20. The first kappa shape index (κ1) is 16.2. The predicted molar refractivity (Wildman–Crippen MR) is 90.1 cm³/mol. The van der Waals surface area contributed by atoms with Gasteiger partial charge in [0.15, 0.2) is 0 Å². The summed E-state index contributed by atoms with van der Waals surface area (Å²) in [5, 5.41) is 7.09. The Morgan fingerprint density at radius 3 is 2.79 bits per heavy atom. The molecule has 2 atom stereocenters. The van der Waals surface area contributed by atoms with Gasteiger partial charge < -0.3 is 10.1 Å². The molecular weight excluding hydrogens is 306 g/mol. The van der Waals surface area contributed by atoms with Crippen molar-refractivity contribution in [2.45, 2.75) is 44.9 Å². The van der Waals surface area contributed by atoms with E-state index in [0.29, 0.717) is 6.54 Å². The number of carbonyl (C=O) groups is 1. The second-order valence-electron chi connectivity index (χ2n) is 5.85. The molecule has 6 heteroatoms. The van der Waals surface area contributed by atoms with E-state index in [2.05, 4.69) is 10.4 Å². The van der Waals surface area contributed by atoms with Gasteiger partial charge in [0.05, 0.1) is 6.04 Å². The molecule has 1 aromatic carbocycles. The van der Waals surface area contributed by atoms with Gasteiger partial charge in [0.2, 0.25) is 0 Å². The van der Waals surface area contributed by atoms with Crippen LogP contribution in [0.15, 0.2) is 47.3 Å². The Kier molecular flexibility index (Phi) is 4.93. The standard InChI is InChI=1S/C18H21N3O3/c1-2-21-17(22)12-11-15(20-21)18(23)19-14-9-6-10-16(14)24-13-7-4-3-5-8-13/h3-5,7-8,11-12,14,16H,2,6,9-10H2,1H3,(H,19,23)/t14-,16+/m0/s1. The highest BCUT2D eigenvalue weighted by atomic mass is 16.5. The number of rotatable bonds is 5. The summed E-state index contributed by atoms with van der Waals surface area (Å²) in [6.45, 7) is 2.25. The number of aromatic nitrogens is 2. The summed E-state index contributed by atoms with van der Waals surface area (Å²) in [6.07, 6.45) is 2.73. The van der Waals surface area contributed by atoms with Gasteiger partial charge in [-0.25, -0.2) is 4.68 Å². The van der Waals surface area contributed by atoms with Crippen molar-refractivity contribution in [3.05, 3.63) is 58.5 Å². The summed E-state index contributed by atoms with van der Waals surface area (Å²) in [7, 11) is 0. The molecule has 1 heterocycles. The molecule has 1 N–H and O–H groups in total. The number of ether oxygens (including phenoxy) is 1. The van der Waals surface area contributed by atoms with E-state index in [1.165, 1.54) is 16.8 Å². The third-order valence-electron chi connectivity index (χ3n) is 4.20. The number of carbonyl (C=O) groups excluding carboxylic acids is 1. The molecule has 1 amide bonds. The molecule has 24 heavy (non-hydrogen) atoms. The van der Waals surface area contributed by atoms with Crippen molar-refractivity contribution in [1.29, 1.82) is 0 Å². The van der Waals surface area contributed by atoms with Gasteiger partial charge in [-0.15, -0.1) is 0 Å². The lowest BCUT2D eigenvalue weighted by atomic mass is 10.2. The van der Waals surface area contributed by atoms with Gasteiger partial charge in [-0.05, 0) is 44.4 Å². The van der Waals surface area contributed by atoms with Crippen LogP contribution in [0.3, 0.4) is 0 Å². The summed E-state index contributed by atoms with van der Waals surface area (Å²) in [4.78, 5) is 24.0. The van der Waals surface area contributed by atoms with Crippen LogP contribution in [0.25, 0.3) is 0 Å². The molecule has 0 aliphatic heterocycles. The largest absolute Gasteiger partial charge is 0.488 e. The van der Waals surface area contributed by atoms with Crippen LogP contribution in [0, 0.1) is 0 Å². The van der Waals surface area contributed by atoms with E-state index in [9.17, 15) is 9.59 Å². The van der Waals surface area contributed by atoms with Crippen LogP contribution < -0.4 is 15.6 Å². The molecule has 1 aliphatic rings. The Balaban J connectivity index is 1.68. The predicted octanol–water partition coefficient (Wildman–Crippen LogP) is 1.99. The van der Waals surface area contributed by atoms with Crippen LogP contribution in [-0.2, 0) is 6.54 Å². The lowest BCUT2D eigenvalue weighted by molar-refractivity contribution is 0.0886. The molecule has 0 saturated heterocycles. The van der Waals surface area contributed by atoms with E-state index in [-0.39, 0.29) is 29.3 Å². The van der Waals surface area contributed by atoms with Gasteiger partial charge in [-0.3, -0.25) is 9.59 Å². The van der Waals surface area contributed by atoms with Gasteiger partial charge in [-0.1, -0.05) is 18.2 Å². The fourth-order valence-electron chi connectivity index (χ4n) is 2.94. The first-order valence-electron chi connectivity index (χ1n) is 8.28. The summed E-state index contributed by atoms with van der Waals surface area (Å²) >= 11 is 0. The molecule has 0 spiro atoms. The number of amides is 1. The van der Waals surface area contributed by atoms with Crippen molar-refractivity contribution in [2.75, 3.05) is 0 Å². The molecular formula is C18H21N3O3. The quantitative estimate of drug-likeness (QED) is 0.911. The number of nitrogens with zero attached hydrogens (tertiary/aromatic N) is 2. The monoisotopic (exact) mass is 327 g/mol. The van der Waals surface area contributed by atoms with Gasteiger partial charge in [0.25, 0.3) is 11.5 Å². The zero-order valence-electron chi connectivity index (χ0n) is 13.6. The average molecular weight is 327 g/mol. The minimum absolute atomic E-state index is 0.0477. The van der Waals surface area contributed by atoms with E-state index in [0.717, 1.165) is 25.0 Å². The molecule has 0 radical (unpaired) electrons. The van der Waals surface area contributed by atoms with Crippen LogP contribution in [0.4, 0.5) is 0 Å². The van der Waals surface area contributed by atoms with E-state index in [1.54, 1.807) is 0 Å². The van der Waals surface area contributed by atoms with Crippen molar-refractivity contribution >= 4 is 5.91 Å². The van der Waals surface area contributed by atoms with Crippen molar-refractivity contribution in [3.8, 4) is 5.75 Å². The molecule has 3 rings (SSSR count). The fourth-order valence-corrected chi connectivity index (χ4v) is 2.94. The maximum Gasteiger partial charge on any atom is 0.272 e. The van der Waals surface area contributed by atoms with Crippen LogP contribution in [-0.4, -0.2) is 27.8 Å². The smallest absolute Gasteiger partial charge is 0.272 e. The van der Waals surface area contributed by atoms with Crippen molar-refractivity contribution < 1.29 is 9.53 Å². The number of hydrogen-bond acceptors (Lipinski definition) is 4. The Labute approximate surface area is 140 Å². The highest BCUT2D eigenvalue weighted by Gasteiger charge is 2.31. The topological polar surface area (TPSA) is 73.2 Å². The zero-order valence-corrected chi connectivity index (χ0v) is 13.6. The van der Waals surface area contributed by atoms with E-state index < -0.39 is 0 Å². The minimum atomic E-state index is -0.272. The van der Waals surface area contributed by atoms with Gasteiger partial charge in [-0.2, -0.15) is 5.10 Å². The number of para-hydroxylation sites is 1. The maximum absolute atomic E-state index is 12.4. The van der Waals surface area contributed by atoms with Crippen LogP contribution in [0.5, 0.6) is 5.75 Å². The number of aryl methyl sites for hydroxylation is 1. The molecule has 1 saturated carbocycles. The second-order valence-corrected chi connectivity index (χ2v) is 5.85. The summed E-state index contributed by atoms with van der Waals surface area (Å²) in [6, 6.07) is 12.4. The highest BCUT2D eigenvalue weighted by Crippen LogP contribution is 2.24. The lowest BCUT2D eigenvalue weighted by Gasteiger charge is -2.22. The molecule has 2 aromatic rings. The first-order valence-corrected chi connectivity index (χ1v) is 8.28. The molecule has 1 aliphatic carbocycles. The van der Waals surface area contributed by atoms with Crippen LogP contribution in [0.1, 0.15) is 36.7 Å². The van der Waals surface area contributed by atoms with Crippen molar-refractivity contribution in [2.24, 2.45) is 0 Å². The Hall–Kier alpha value is -2.63. The van der Waals surface area contributed by atoms with Gasteiger partial charge in [0.1, 0.15) is 17.5 Å². The van der Waals surface area contributed by atoms with Crippen molar-refractivity contribution in [1.82, 2.24) is 15.1 Å². The Morgan fingerprint density at radius 2 is 2.04 bits per heavy atom. The Bertz CT molecular complexity index is 758. The molecule has 6 nitrogen and oxygen atoms in total. The lowest BCUT2D eigenvalue weighted by Crippen LogP contribution is -2.43. The molecule has 1 aromatic heterocycles. The van der Waals surface area contributed by atoms with Gasteiger partial charge >= 0.3 is 0 Å². The van der Waals surface area contributed by atoms with E-state index in [1.807, 2.05) is 37.3 Å². The fraction of sp³-hybridized carbons (Fsp3) is 0.389. The van der Waals surface area contributed by atoms with Crippen LogP contribution >= 0.6 is 0 Å². The molecule has 0 unspecified atom stereocenters. The number of nitrogens with one attached hydrogen (secondary N) is 1. The summed E-state index contributed by atoms with van der Waals surface area (Å²) in [5.41, 5.74) is 0.0435. The van der Waals surface area contributed by atoms with Crippen molar-refractivity contribution in [3.63, 3.8) is 0 Å². The molecule has 0 bridgehead atoms. The van der Waals surface area contributed by atoms with Crippen LogP contribution in [0.2, 0.25) is 0 Å². The molecule has 126 valence electrons. The second kappa shape index (κ2) is 7.29. The third kappa shape index (κ3) is 3.64. The normalized spacial score (nSPS) is 19.9. The van der Waals surface area contributed by atoms with Gasteiger partial charge in [0, 0.05) is 12.6 Å². The number of hydrogen-bond donors (Lipinski definition) is 1. The maximum atomic E-state index is 12.4. The Morgan fingerprint density at radius 1 is 1.25 bits per heavy atom. The first-order chi connectivity index (χ1) is 11.7. The SMILES string of the molecule is CCn1nc(C(=O)N[C@H]2CCC[C@H]2Oc2ccccc2)ccc1=O. The minimum Gasteiger partial charge on any atom is -0.488 e. The van der Waals surface area contributed by atoms with E-state index >= 15 is 0 Å². The average Bonchev–Trinajstić information content (AvgIpc) is 3.03. The summed E-state index contributed by atoms with van der Waals surface area (Å²) < 4.78 is 7.28. The highest BCUT2D eigenvalue weighted by molar-refractivity contribution is 5.92. The summed E-state index contributed by atoms with van der Waals surface area (Å²) in [5.74, 6) is 0.534. The zero-order chi connectivity index (χ0) is 16.9. The molecule has 1 fully saturated rings. The van der Waals surface area contributed by atoms with E-state index in [4.69, 9.17) is 4.74 Å². The number of benzene rings is 1.